The summed E-state index contributed by atoms with van der Waals surface area (Å²) in [6.07, 6.45) is 8.03. The molecular weight excluding hydrogens is 428 g/mol. The second-order valence-corrected chi connectivity index (χ2v) is 9.88. The van der Waals surface area contributed by atoms with Gasteiger partial charge in [-0.2, -0.15) is 0 Å². The number of carbonyl (C=O) groups excluding carboxylic acids is 1. The van der Waals surface area contributed by atoms with Gasteiger partial charge in [0, 0.05) is 31.7 Å². The highest BCUT2D eigenvalue weighted by Gasteiger charge is 2.29. The van der Waals surface area contributed by atoms with E-state index in [1.54, 1.807) is 18.1 Å². The largest absolute Gasteiger partial charge is 0.465 e. The summed E-state index contributed by atoms with van der Waals surface area (Å²) >= 11 is 0. The maximum Gasteiger partial charge on any atom is 0.407 e. The summed E-state index contributed by atoms with van der Waals surface area (Å²) in [7, 11) is 1.61. The molecule has 1 saturated carbocycles. The SMILES string of the molecule is CC(C)N(C(=O)c1ccc(C2CCCCC2)cc1)c1ccc(N2CCC(N(C)C(=O)O)C2)nc1. The number of carbonyl (C=O) groups is 2. The first-order valence-electron chi connectivity index (χ1n) is 12.5. The zero-order valence-corrected chi connectivity index (χ0v) is 20.5. The van der Waals surface area contributed by atoms with E-state index in [1.165, 1.54) is 42.6 Å². The number of hydrogen-bond donors (Lipinski definition) is 1. The topological polar surface area (TPSA) is 77.0 Å². The molecule has 34 heavy (non-hydrogen) atoms. The smallest absolute Gasteiger partial charge is 0.407 e. The molecule has 1 N–H and O–H groups in total. The van der Waals surface area contributed by atoms with Crippen LogP contribution >= 0.6 is 0 Å². The van der Waals surface area contributed by atoms with Gasteiger partial charge in [0.05, 0.1) is 17.9 Å². The van der Waals surface area contributed by atoms with Crippen molar-refractivity contribution in [3.8, 4) is 0 Å². The van der Waals surface area contributed by atoms with E-state index < -0.39 is 6.09 Å². The summed E-state index contributed by atoms with van der Waals surface area (Å²) in [4.78, 5) is 34.5. The third kappa shape index (κ3) is 5.18. The van der Waals surface area contributed by atoms with Crippen molar-refractivity contribution in [1.82, 2.24) is 9.88 Å². The number of likely N-dealkylation sites (N-methyl/N-ethyl adjacent to an activating group) is 1. The molecule has 1 aliphatic heterocycles. The van der Waals surface area contributed by atoms with Crippen molar-refractivity contribution in [2.75, 3.05) is 29.9 Å². The number of nitrogens with zero attached hydrogens (tertiary/aromatic N) is 4. The van der Waals surface area contributed by atoms with Crippen LogP contribution in [0.4, 0.5) is 16.3 Å². The fraction of sp³-hybridized carbons (Fsp3) is 0.519. The van der Waals surface area contributed by atoms with Crippen molar-refractivity contribution in [2.45, 2.75) is 70.4 Å². The van der Waals surface area contributed by atoms with Crippen molar-refractivity contribution in [2.24, 2.45) is 0 Å². The molecule has 2 fully saturated rings. The van der Waals surface area contributed by atoms with E-state index in [1.807, 2.05) is 38.1 Å². The second-order valence-electron chi connectivity index (χ2n) is 9.88. The Morgan fingerprint density at radius 3 is 2.32 bits per heavy atom. The number of rotatable bonds is 6. The molecule has 7 nitrogen and oxygen atoms in total. The molecule has 7 heteroatoms. The second kappa shape index (κ2) is 10.5. The zero-order chi connectivity index (χ0) is 24.2. The van der Waals surface area contributed by atoms with Crippen molar-refractivity contribution in [3.05, 3.63) is 53.7 Å². The first-order chi connectivity index (χ1) is 16.3. The van der Waals surface area contributed by atoms with Crippen LogP contribution in [-0.4, -0.2) is 59.2 Å². The Morgan fingerprint density at radius 2 is 1.74 bits per heavy atom. The van der Waals surface area contributed by atoms with Crippen molar-refractivity contribution < 1.29 is 14.7 Å². The summed E-state index contributed by atoms with van der Waals surface area (Å²) < 4.78 is 0. The van der Waals surface area contributed by atoms with Gasteiger partial charge in [-0.05, 0) is 68.9 Å². The maximum absolute atomic E-state index is 13.4. The first kappa shape index (κ1) is 24.0. The normalized spacial score (nSPS) is 18.8. The lowest BCUT2D eigenvalue weighted by atomic mass is 9.84. The van der Waals surface area contributed by atoms with E-state index >= 15 is 0 Å². The number of hydrogen-bond acceptors (Lipinski definition) is 4. The molecule has 1 aromatic heterocycles. The Bertz CT molecular complexity index is 984. The third-order valence-electron chi connectivity index (χ3n) is 7.32. The van der Waals surface area contributed by atoms with Crippen LogP contribution in [0.3, 0.4) is 0 Å². The molecule has 2 amide bonds. The molecule has 1 saturated heterocycles. The Labute approximate surface area is 202 Å². The third-order valence-corrected chi connectivity index (χ3v) is 7.32. The van der Waals surface area contributed by atoms with Gasteiger partial charge in [-0.15, -0.1) is 0 Å². The van der Waals surface area contributed by atoms with Gasteiger partial charge in [0.15, 0.2) is 0 Å². The van der Waals surface area contributed by atoms with Crippen molar-refractivity contribution in [3.63, 3.8) is 0 Å². The molecule has 2 aliphatic rings. The molecule has 1 aromatic carbocycles. The van der Waals surface area contributed by atoms with Crippen molar-refractivity contribution in [1.29, 1.82) is 0 Å². The molecule has 182 valence electrons. The summed E-state index contributed by atoms with van der Waals surface area (Å²) in [5.41, 5.74) is 2.80. The van der Waals surface area contributed by atoms with Gasteiger partial charge in [0.1, 0.15) is 5.82 Å². The van der Waals surface area contributed by atoms with Gasteiger partial charge < -0.3 is 19.8 Å². The number of anilines is 2. The van der Waals surface area contributed by atoms with E-state index in [0.717, 1.165) is 24.5 Å². The number of amides is 2. The highest BCUT2D eigenvalue weighted by atomic mass is 16.4. The summed E-state index contributed by atoms with van der Waals surface area (Å²) in [5, 5.41) is 9.23. The first-order valence-corrected chi connectivity index (χ1v) is 12.5. The fourth-order valence-corrected chi connectivity index (χ4v) is 5.25. The molecule has 2 heterocycles. The Hall–Kier alpha value is -3.09. The van der Waals surface area contributed by atoms with E-state index in [9.17, 15) is 14.7 Å². The number of benzene rings is 1. The standard InChI is InChI=1S/C27H36N4O3/c1-19(2)31(26(32)22-11-9-21(10-12-22)20-7-5-4-6-8-20)23-13-14-25(28-17-23)30-16-15-24(18-30)29(3)27(33)34/h9-14,17,19-20,24H,4-8,15-16,18H2,1-3H3,(H,33,34). The van der Waals surface area contributed by atoms with Crippen LogP contribution in [-0.2, 0) is 0 Å². The molecule has 4 rings (SSSR count). The minimum atomic E-state index is -0.909. The lowest BCUT2D eigenvalue weighted by Crippen LogP contribution is -2.38. The molecule has 1 atom stereocenters. The van der Waals surface area contributed by atoms with Crippen LogP contribution in [0.2, 0.25) is 0 Å². The van der Waals surface area contributed by atoms with Gasteiger partial charge >= 0.3 is 6.09 Å². The number of carboxylic acid groups (broad SMARTS) is 1. The highest BCUT2D eigenvalue weighted by Crippen LogP contribution is 2.33. The quantitative estimate of drug-likeness (QED) is 0.622. The predicted octanol–water partition coefficient (Wildman–Crippen LogP) is 5.37. The summed E-state index contributed by atoms with van der Waals surface area (Å²) in [5.74, 6) is 1.40. The van der Waals surface area contributed by atoms with Crippen LogP contribution in [0.1, 0.15) is 74.2 Å². The molecule has 0 spiro atoms. The number of pyridine rings is 1. The Balaban J connectivity index is 1.46. The minimum absolute atomic E-state index is 0.0152. The minimum Gasteiger partial charge on any atom is -0.465 e. The fourth-order valence-electron chi connectivity index (χ4n) is 5.25. The average Bonchev–Trinajstić information content (AvgIpc) is 3.34. The van der Waals surface area contributed by atoms with Crippen LogP contribution in [0.25, 0.3) is 0 Å². The predicted molar refractivity (Wildman–Crippen MR) is 135 cm³/mol. The molecular formula is C27H36N4O3. The number of aromatic nitrogens is 1. The van der Waals surface area contributed by atoms with Crippen LogP contribution in [0.15, 0.2) is 42.6 Å². The molecule has 0 bridgehead atoms. The zero-order valence-electron chi connectivity index (χ0n) is 20.5. The summed E-state index contributed by atoms with van der Waals surface area (Å²) in [6, 6.07) is 12.0. The molecule has 0 radical (unpaired) electrons. The van der Waals surface area contributed by atoms with Gasteiger partial charge in [0.2, 0.25) is 0 Å². The maximum atomic E-state index is 13.4. The lowest BCUT2D eigenvalue weighted by molar-refractivity contribution is 0.0980. The molecule has 2 aromatic rings. The highest BCUT2D eigenvalue weighted by molar-refractivity contribution is 6.06. The van der Waals surface area contributed by atoms with Crippen molar-refractivity contribution >= 4 is 23.5 Å². The summed E-state index contributed by atoms with van der Waals surface area (Å²) in [6.45, 7) is 5.40. The van der Waals surface area contributed by atoms with E-state index in [-0.39, 0.29) is 18.0 Å². The van der Waals surface area contributed by atoms with E-state index in [0.29, 0.717) is 18.0 Å². The van der Waals surface area contributed by atoms with Crippen LogP contribution in [0, 0.1) is 0 Å². The monoisotopic (exact) mass is 464 g/mol. The van der Waals surface area contributed by atoms with Gasteiger partial charge in [0.25, 0.3) is 5.91 Å². The molecule has 1 unspecified atom stereocenters. The Morgan fingerprint density at radius 1 is 1.03 bits per heavy atom. The molecule has 1 aliphatic carbocycles. The van der Waals surface area contributed by atoms with E-state index in [2.05, 4.69) is 22.0 Å². The van der Waals surface area contributed by atoms with E-state index in [4.69, 9.17) is 0 Å². The van der Waals surface area contributed by atoms with Gasteiger partial charge in [-0.1, -0.05) is 31.4 Å². The lowest BCUT2D eigenvalue weighted by Gasteiger charge is -2.28. The van der Waals surface area contributed by atoms with Crippen LogP contribution in [0.5, 0.6) is 0 Å². The van der Waals surface area contributed by atoms with Gasteiger partial charge in [-0.25, -0.2) is 9.78 Å². The average molecular weight is 465 g/mol. The van der Waals surface area contributed by atoms with Crippen LogP contribution < -0.4 is 9.80 Å². The Kier molecular flexibility index (Phi) is 7.39. The van der Waals surface area contributed by atoms with Gasteiger partial charge in [-0.3, -0.25) is 4.79 Å².